The predicted molar refractivity (Wildman–Crippen MR) is 63.5 cm³/mol. The third kappa shape index (κ3) is 3.66. The Morgan fingerprint density at radius 2 is 1.71 bits per heavy atom. The van der Waals surface area contributed by atoms with E-state index in [1.54, 1.807) is 7.11 Å². The molecule has 1 saturated carbocycles. The Balaban J connectivity index is 2.00. The van der Waals surface area contributed by atoms with Gasteiger partial charge in [-0.2, -0.15) is 15.0 Å². The van der Waals surface area contributed by atoms with Crippen molar-refractivity contribution in [1.29, 1.82) is 0 Å². The first-order chi connectivity index (χ1) is 8.17. The highest BCUT2D eigenvalue weighted by molar-refractivity contribution is 6.31. The van der Waals surface area contributed by atoms with E-state index < -0.39 is 0 Å². The molecule has 94 valence electrons. The van der Waals surface area contributed by atoms with Crippen LogP contribution < -0.4 is 4.74 Å². The average molecular weight is 278 g/mol. The van der Waals surface area contributed by atoms with E-state index in [1.165, 1.54) is 0 Å². The van der Waals surface area contributed by atoms with Crippen LogP contribution in [0.2, 0.25) is 10.6 Å². The first-order valence-corrected chi connectivity index (χ1v) is 6.19. The molecule has 1 aliphatic rings. The fraction of sp³-hybridized carbons (Fsp3) is 0.700. The van der Waals surface area contributed by atoms with Crippen molar-refractivity contribution in [3.05, 3.63) is 10.6 Å². The second-order valence-corrected chi connectivity index (χ2v) is 4.60. The molecule has 1 heterocycles. The largest absolute Gasteiger partial charge is 0.460 e. The van der Waals surface area contributed by atoms with Gasteiger partial charge in [0.05, 0.1) is 6.10 Å². The summed E-state index contributed by atoms with van der Waals surface area (Å²) in [6, 6.07) is 0.178. The van der Waals surface area contributed by atoms with E-state index in [2.05, 4.69) is 15.0 Å². The summed E-state index contributed by atoms with van der Waals surface area (Å²) in [5, 5.41) is 0.0817. The molecule has 2 unspecified atom stereocenters. The molecular formula is C10H13Cl2N3O2. The van der Waals surface area contributed by atoms with Crippen LogP contribution >= 0.6 is 23.2 Å². The van der Waals surface area contributed by atoms with Crippen LogP contribution in [0.5, 0.6) is 6.01 Å². The smallest absolute Gasteiger partial charge is 0.322 e. The Morgan fingerprint density at radius 1 is 1.06 bits per heavy atom. The van der Waals surface area contributed by atoms with Gasteiger partial charge in [0, 0.05) is 13.5 Å². The molecule has 0 radical (unpaired) electrons. The SMILES string of the molecule is COC1CCCC(Oc2nc(Cl)nc(Cl)n2)C1. The Labute approximate surface area is 109 Å². The molecule has 0 aromatic carbocycles. The van der Waals surface area contributed by atoms with Crippen molar-refractivity contribution in [2.24, 2.45) is 0 Å². The van der Waals surface area contributed by atoms with Gasteiger partial charge in [-0.3, -0.25) is 0 Å². The number of aromatic nitrogens is 3. The fourth-order valence-corrected chi connectivity index (χ4v) is 2.28. The van der Waals surface area contributed by atoms with E-state index in [0.717, 1.165) is 25.7 Å². The minimum atomic E-state index is 0.0408. The standard InChI is InChI=1S/C10H13Cl2N3O2/c1-16-6-3-2-4-7(5-6)17-10-14-8(11)13-9(12)15-10/h6-7H,2-5H2,1H3. The molecule has 1 aromatic rings. The van der Waals surface area contributed by atoms with Crippen molar-refractivity contribution in [3.8, 4) is 6.01 Å². The summed E-state index contributed by atoms with van der Waals surface area (Å²) in [4.78, 5) is 11.4. The zero-order chi connectivity index (χ0) is 12.3. The second-order valence-electron chi connectivity index (χ2n) is 3.92. The van der Waals surface area contributed by atoms with Gasteiger partial charge in [0.15, 0.2) is 0 Å². The lowest BCUT2D eigenvalue weighted by Gasteiger charge is -2.27. The van der Waals surface area contributed by atoms with Gasteiger partial charge >= 0.3 is 6.01 Å². The summed E-state index contributed by atoms with van der Waals surface area (Å²) in [7, 11) is 1.71. The van der Waals surface area contributed by atoms with E-state index in [0.29, 0.717) is 0 Å². The number of nitrogens with zero attached hydrogens (tertiary/aromatic N) is 3. The van der Waals surface area contributed by atoms with Gasteiger partial charge in [0.25, 0.3) is 0 Å². The molecule has 0 N–H and O–H groups in total. The van der Waals surface area contributed by atoms with Gasteiger partial charge in [-0.05, 0) is 42.5 Å². The van der Waals surface area contributed by atoms with Gasteiger partial charge < -0.3 is 9.47 Å². The number of hydrogen-bond donors (Lipinski definition) is 0. The quantitative estimate of drug-likeness (QED) is 0.850. The Bertz CT molecular complexity index is 372. The van der Waals surface area contributed by atoms with Crippen LogP contribution in [0.4, 0.5) is 0 Å². The monoisotopic (exact) mass is 277 g/mol. The van der Waals surface area contributed by atoms with E-state index in [9.17, 15) is 0 Å². The number of rotatable bonds is 3. The maximum atomic E-state index is 5.67. The average Bonchev–Trinajstić information content (AvgIpc) is 2.28. The van der Waals surface area contributed by atoms with Gasteiger partial charge in [-0.15, -0.1) is 0 Å². The molecule has 1 fully saturated rings. The van der Waals surface area contributed by atoms with Gasteiger partial charge in [0.1, 0.15) is 6.10 Å². The lowest BCUT2D eigenvalue weighted by molar-refractivity contribution is 0.0178. The first kappa shape index (κ1) is 12.8. The molecule has 2 atom stereocenters. The summed E-state index contributed by atoms with van der Waals surface area (Å²) in [5.41, 5.74) is 0. The Morgan fingerprint density at radius 3 is 2.35 bits per heavy atom. The summed E-state index contributed by atoms with van der Waals surface area (Å²) >= 11 is 11.3. The van der Waals surface area contributed by atoms with E-state index in [-0.39, 0.29) is 28.8 Å². The first-order valence-electron chi connectivity index (χ1n) is 5.44. The summed E-state index contributed by atoms with van der Waals surface area (Å²) in [6.45, 7) is 0. The number of methoxy groups -OCH3 is 1. The topological polar surface area (TPSA) is 57.1 Å². The zero-order valence-corrected chi connectivity index (χ0v) is 10.9. The number of hydrogen-bond acceptors (Lipinski definition) is 5. The van der Waals surface area contributed by atoms with Crippen LogP contribution in [0.15, 0.2) is 0 Å². The third-order valence-corrected chi connectivity index (χ3v) is 3.08. The fourth-order valence-electron chi connectivity index (χ4n) is 1.93. The van der Waals surface area contributed by atoms with Crippen LogP contribution in [-0.4, -0.2) is 34.3 Å². The maximum Gasteiger partial charge on any atom is 0.322 e. The van der Waals surface area contributed by atoms with E-state index in [1.807, 2.05) is 0 Å². The van der Waals surface area contributed by atoms with Crippen LogP contribution in [-0.2, 0) is 4.74 Å². The molecule has 5 nitrogen and oxygen atoms in total. The highest BCUT2D eigenvalue weighted by Gasteiger charge is 2.24. The molecule has 0 saturated heterocycles. The summed E-state index contributed by atoms with van der Waals surface area (Å²) in [5.74, 6) is 0. The highest BCUT2D eigenvalue weighted by atomic mass is 35.5. The van der Waals surface area contributed by atoms with Gasteiger partial charge in [0.2, 0.25) is 10.6 Å². The van der Waals surface area contributed by atoms with Gasteiger partial charge in [-0.1, -0.05) is 0 Å². The maximum absolute atomic E-state index is 5.67. The molecule has 0 bridgehead atoms. The lowest BCUT2D eigenvalue weighted by Crippen LogP contribution is -2.30. The van der Waals surface area contributed by atoms with Crippen molar-refractivity contribution in [3.63, 3.8) is 0 Å². The lowest BCUT2D eigenvalue weighted by atomic mass is 9.95. The van der Waals surface area contributed by atoms with Gasteiger partial charge in [-0.25, -0.2) is 0 Å². The minimum Gasteiger partial charge on any atom is -0.460 e. The predicted octanol–water partition coefficient (Wildman–Crippen LogP) is 2.51. The van der Waals surface area contributed by atoms with Crippen molar-refractivity contribution >= 4 is 23.2 Å². The molecule has 2 rings (SSSR count). The van der Waals surface area contributed by atoms with Crippen LogP contribution in [0.1, 0.15) is 25.7 Å². The molecule has 0 spiro atoms. The molecule has 0 aliphatic heterocycles. The molecule has 17 heavy (non-hydrogen) atoms. The van der Waals surface area contributed by atoms with E-state index >= 15 is 0 Å². The normalized spacial score (nSPS) is 24.6. The van der Waals surface area contributed by atoms with Crippen molar-refractivity contribution in [2.45, 2.75) is 37.9 Å². The molecule has 7 heteroatoms. The summed E-state index contributed by atoms with van der Waals surface area (Å²) < 4.78 is 11.0. The number of ether oxygens (including phenoxy) is 2. The van der Waals surface area contributed by atoms with E-state index in [4.69, 9.17) is 32.7 Å². The van der Waals surface area contributed by atoms with Crippen LogP contribution in [0.3, 0.4) is 0 Å². The third-order valence-electron chi connectivity index (χ3n) is 2.74. The molecule has 0 amide bonds. The van der Waals surface area contributed by atoms with Crippen molar-refractivity contribution in [2.75, 3.05) is 7.11 Å². The van der Waals surface area contributed by atoms with Crippen molar-refractivity contribution < 1.29 is 9.47 Å². The zero-order valence-electron chi connectivity index (χ0n) is 9.40. The van der Waals surface area contributed by atoms with Crippen molar-refractivity contribution in [1.82, 2.24) is 15.0 Å². The molecule has 1 aromatic heterocycles. The minimum absolute atomic E-state index is 0.0408. The highest BCUT2D eigenvalue weighted by Crippen LogP contribution is 2.24. The second kappa shape index (κ2) is 5.80. The van der Waals surface area contributed by atoms with Crippen LogP contribution in [0, 0.1) is 0 Å². The van der Waals surface area contributed by atoms with Crippen LogP contribution in [0.25, 0.3) is 0 Å². The Kier molecular flexibility index (Phi) is 4.36. The summed E-state index contributed by atoms with van der Waals surface area (Å²) in [6.07, 6.45) is 4.20. The molecular weight excluding hydrogens is 265 g/mol. The Hall–Kier alpha value is -0.650. The molecule has 1 aliphatic carbocycles. The number of halogens is 2.